The SMILES string of the molecule is CN(C)CCOc1ccc(NC(=O)C2CCC(N)C2)cc1Cl.Cl.Cl. The number of nitrogens with one attached hydrogen (secondary N) is 1. The Morgan fingerprint density at radius 3 is 2.62 bits per heavy atom. The predicted octanol–water partition coefficient (Wildman–Crippen LogP) is 3.19. The Hall–Kier alpha value is -0.720. The van der Waals surface area contributed by atoms with E-state index in [-0.39, 0.29) is 42.7 Å². The minimum atomic E-state index is 0. The highest BCUT2D eigenvalue weighted by Gasteiger charge is 2.27. The van der Waals surface area contributed by atoms with Gasteiger partial charge in [0.05, 0.1) is 5.02 Å². The zero-order valence-corrected chi connectivity index (χ0v) is 16.3. The van der Waals surface area contributed by atoms with Crippen LogP contribution in [0, 0.1) is 5.92 Å². The molecule has 1 aromatic carbocycles. The number of carbonyl (C=O) groups excluding carboxylic acids is 1. The van der Waals surface area contributed by atoms with E-state index < -0.39 is 0 Å². The van der Waals surface area contributed by atoms with E-state index >= 15 is 0 Å². The Kier molecular flexibility index (Phi) is 10.7. The Morgan fingerprint density at radius 1 is 1.38 bits per heavy atom. The molecule has 2 unspecified atom stereocenters. The van der Waals surface area contributed by atoms with Crippen molar-refractivity contribution in [2.45, 2.75) is 25.3 Å². The van der Waals surface area contributed by atoms with Crippen LogP contribution in [0.15, 0.2) is 18.2 Å². The molecule has 0 heterocycles. The van der Waals surface area contributed by atoms with E-state index in [4.69, 9.17) is 22.1 Å². The van der Waals surface area contributed by atoms with Gasteiger partial charge in [-0.15, -0.1) is 24.8 Å². The van der Waals surface area contributed by atoms with E-state index in [1.807, 2.05) is 25.1 Å². The molecule has 1 aromatic rings. The molecule has 5 nitrogen and oxygen atoms in total. The quantitative estimate of drug-likeness (QED) is 0.772. The van der Waals surface area contributed by atoms with Gasteiger partial charge in [0.15, 0.2) is 0 Å². The van der Waals surface area contributed by atoms with Crippen molar-refractivity contribution in [1.29, 1.82) is 0 Å². The lowest BCUT2D eigenvalue weighted by molar-refractivity contribution is -0.119. The number of ether oxygens (including phenoxy) is 1. The average molecular weight is 399 g/mol. The van der Waals surface area contributed by atoms with Gasteiger partial charge in [0.1, 0.15) is 12.4 Å². The first-order valence-electron chi connectivity index (χ1n) is 7.59. The fourth-order valence-electron chi connectivity index (χ4n) is 2.53. The minimum absolute atomic E-state index is 0. The lowest BCUT2D eigenvalue weighted by atomic mass is 10.1. The maximum Gasteiger partial charge on any atom is 0.227 e. The molecule has 1 fully saturated rings. The number of nitrogens with two attached hydrogens (primary N) is 1. The van der Waals surface area contributed by atoms with E-state index in [1.165, 1.54) is 0 Å². The van der Waals surface area contributed by atoms with Gasteiger partial charge in [-0.1, -0.05) is 11.6 Å². The summed E-state index contributed by atoms with van der Waals surface area (Å²) in [4.78, 5) is 14.2. The van der Waals surface area contributed by atoms with Gasteiger partial charge in [-0.3, -0.25) is 4.79 Å². The molecule has 138 valence electrons. The van der Waals surface area contributed by atoms with E-state index in [0.29, 0.717) is 23.1 Å². The number of halogens is 3. The normalized spacial score (nSPS) is 19.4. The zero-order valence-electron chi connectivity index (χ0n) is 14.0. The Balaban J connectivity index is 0.00000264. The number of anilines is 1. The second-order valence-electron chi connectivity index (χ2n) is 6.06. The third-order valence-corrected chi connectivity index (χ3v) is 4.13. The third-order valence-electron chi connectivity index (χ3n) is 3.84. The van der Waals surface area contributed by atoms with Crippen molar-refractivity contribution < 1.29 is 9.53 Å². The third kappa shape index (κ3) is 7.03. The van der Waals surface area contributed by atoms with Gasteiger partial charge in [-0.25, -0.2) is 0 Å². The number of hydrogen-bond donors (Lipinski definition) is 2. The second-order valence-corrected chi connectivity index (χ2v) is 6.46. The van der Waals surface area contributed by atoms with Gasteiger partial charge in [0.2, 0.25) is 5.91 Å². The van der Waals surface area contributed by atoms with Crippen molar-refractivity contribution in [3.63, 3.8) is 0 Å². The molecule has 1 aliphatic carbocycles. The molecule has 8 heteroatoms. The van der Waals surface area contributed by atoms with E-state index in [9.17, 15) is 4.79 Å². The molecule has 2 atom stereocenters. The van der Waals surface area contributed by atoms with Gasteiger partial charge in [-0.2, -0.15) is 0 Å². The van der Waals surface area contributed by atoms with Crippen LogP contribution in [0.2, 0.25) is 5.02 Å². The van der Waals surface area contributed by atoms with Crippen LogP contribution >= 0.6 is 36.4 Å². The van der Waals surface area contributed by atoms with Crippen LogP contribution in [0.5, 0.6) is 5.75 Å². The van der Waals surface area contributed by atoms with Crippen molar-refractivity contribution in [2.24, 2.45) is 11.7 Å². The average Bonchev–Trinajstić information content (AvgIpc) is 2.87. The van der Waals surface area contributed by atoms with E-state index in [2.05, 4.69) is 5.32 Å². The molecule has 0 saturated heterocycles. The summed E-state index contributed by atoms with van der Waals surface area (Å²) in [7, 11) is 3.97. The molecule has 0 bridgehead atoms. The summed E-state index contributed by atoms with van der Waals surface area (Å²) in [5.74, 6) is 0.652. The highest BCUT2D eigenvalue weighted by atomic mass is 35.5. The summed E-state index contributed by atoms with van der Waals surface area (Å²) in [6, 6.07) is 5.46. The smallest absolute Gasteiger partial charge is 0.227 e. The summed E-state index contributed by atoms with van der Waals surface area (Å²) >= 11 is 6.20. The van der Waals surface area contributed by atoms with Crippen LogP contribution in [0.25, 0.3) is 0 Å². The minimum Gasteiger partial charge on any atom is -0.491 e. The van der Waals surface area contributed by atoms with Crippen LogP contribution in [-0.4, -0.2) is 44.1 Å². The molecular weight excluding hydrogens is 373 g/mol. The maximum absolute atomic E-state index is 12.2. The first kappa shape index (κ1) is 23.3. The molecule has 0 aliphatic heterocycles. The summed E-state index contributed by atoms with van der Waals surface area (Å²) in [6.45, 7) is 1.38. The van der Waals surface area contributed by atoms with Crippen molar-refractivity contribution in [1.82, 2.24) is 4.90 Å². The van der Waals surface area contributed by atoms with Gasteiger partial charge < -0.3 is 20.7 Å². The summed E-state index contributed by atoms with van der Waals surface area (Å²) < 4.78 is 5.62. The van der Waals surface area contributed by atoms with Gasteiger partial charge in [0.25, 0.3) is 0 Å². The van der Waals surface area contributed by atoms with Crippen LogP contribution in [0.3, 0.4) is 0 Å². The summed E-state index contributed by atoms with van der Waals surface area (Å²) in [6.07, 6.45) is 2.52. The zero-order chi connectivity index (χ0) is 16.1. The van der Waals surface area contributed by atoms with E-state index in [1.54, 1.807) is 12.1 Å². The molecular formula is C16H26Cl3N3O2. The van der Waals surface area contributed by atoms with Crippen LogP contribution < -0.4 is 15.8 Å². The number of nitrogens with zero attached hydrogens (tertiary/aromatic N) is 1. The second kappa shape index (κ2) is 11.0. The molecule has 1 amide bonds. The summed E-state index contributed by atoms with van der Waals surface area (Å²) in [5.41, 5.74) is 6.54. The molecule has 1 saturated carbocycles. The maximum atomic E-state index is 12.2. The van der Waals surface area contributed by atoms with Crippen molar-refractivity contribution in [3.05, 3.63) is 23.2 Å². The first-order chi connectivity index (χ1) is 10.5. The molecule has 24 heavy (non-hydrogen) atoms. The molecule has 1 aliphatic rings. The Bertz CT molecular complexity index is 529. The lowest BCUT2D eigenvalue weighted by Crippen LogP contribution is -2.23. The fraction of sp³-hybridized carbons (Fsp3) is 0.562. The number of rotatable bonds is 6. The number of amides is 1. The predicted molar refractivity (Wildman–Crippen MR) is 104 cm³/mol. The van der Waals surface area contributed by atoms with Crippen molar-refractivity contribution >= 4 is 48.0 Å². The largest absolute Gasteiger partial charge is 0.491 e. The van der Waals surface area contributed by atoms with Crippen molar-refractivity contribution in [3.8, 4) is 5.75 Å². The Labute approximate surface area is 161 Å². The first-order valence-corrected chi connectivity index (χ1v) is 7.97. The van der Waals surface area contributed by atoms with Gasteiger partial charge >= 0.3 is 0 Å². The molecule has 0 aromatic heterocycles. The molecule has 3 N–H and O–H groups in total. The molecule has 2 rings (SSSR count). The fourth-order valence-corrected chi connectivity index (χ4v) is 2.77. The molecule has 0 spiro atoms. The monoisotopic (exact) mass is 397 g/mol. The highest BCUT2D eigenvalue weighted by molar-refractivity contribution is 6.32. The lowest BCUT2D eigenvalue weighted by Gasteiger charge is -2.14. The van der Waals surface area contributed by atoms with Crippen LogP contribution in [0.4, 0.5) is 5.69 Å². The Morgan fingerprint density at radius 2 is 2.08 bits per heavy atom. The number of carbonyl (C=O) groups is 1. The van der Waals surface area contributed by atoms with Crippen molar-refractivity contribution in [2.75, 3.05) is 32.6 Å². The van der Waals surface area contributed by atoms with Gasteiger partial charge in [-0.05, 0) is 51.6 Å². The number of hydrogen-bond acceptors (Lipinski definition) is 4. The topological polar surface area (TPSA) is 67.6 Å². The van der Waals surface area contributed by atoms with E-state index in [0.717, 1.165) is 25.8 Å². The van der Waals surface area contributed by atoms with Gasteiger partial charge in [0, 0.05) is 24.2 Å². The van der Waals surface area contributed by atoms with Crippen LogP contribution in [-0.2, 0) is 4.79 Å². The number of likely N-dealkylation sites (N-methyl/N-ethyl adjacent to an activating group) is 1. The van der Waals surface area contributed by atoms with Crippen LogP contribution in [0.1, 0.15) is 19.3 Å². The molecule has 0 radical (unpaired) electrons. The standard InChI is InChI=1S/C16H24ClN3O2.2ClH/c1-20(2)7-8-22-15-6-5-13(10-14(15)17)19-16(21)11-3-4-12(18)9-11;;/h5-6,10-12H,3-4,7-9,18H2,1-2H3,(H,19,21);2*1H. The highest BCUT2D eigenvalue weighted by Crippen LogP contribution is 2.29. The summed E-state index contributed by atoms with van der Waals surface area (Å²) in [5, 5.41) is 3.40. The number of benzene rings is 1.